The highest BCUT2D eigenvalue weighted by Gasteiger charge is 2.14. The molecule has 70 valence electrons. The largest absolute Gasteiger partial charge is 0.302 e. The van der Waals surface area contributed by atoms with Gasteiger partial charge in [-0.3, -0.25) is 0 Å². The van der Waals surface area contributed by atoms with E-state index in [1.807, 2.05) is 20.8 Å². The summed E-state index contributed by atoms with van der Waals surface area (Å²) in [7, 11) is 0. The van der Waals surface area contributed by atoms with Crippen LogP contribution in [0.15, 0.2) is 0 Å². The Morgan fingerprint density at radius 1 is 1.50 bits per heavy atom. The minimum atomic E-state index is -0.201. The number of rotatable bonds is 6. The summed E-state index contributed by atoms with van der Waals surface area (Å²) in [6, 6.07) is 2.26. The van der Waals surface area contributed by atoms with Gasteiger partial charge in [0.15, 0.2) is 0 Å². The molecule has 12 heavy (non-hydrogen) atoms. The Labute approximate surface area is 74.7 Å². The van der Waals surface area contributed by atoms with Crippen molar-refractivity contribution in [3.8, 4) is 6.07 Å². The highest BCUT2D eigenvalue weighted by atomic mass is 16.6. The lowest BCUT2D eigenvalue weighted by molar-refractivity contribution is 0.0491. The van der Waals surface area contributed by atoms with Gasteiger partial charge in [-0.15, -0.1) is 0 Å². The minimum Gasteiger partial charge on any atom is -0.302 e. The van der Waals surface area contributed by atoms with Crippen LogP contribution in [0.2, 0.25) is 0 Å². The van der Waals surface area contributed by atoms with Crippen LogP contribution in [0.5, 0.6) is 0 Å². The normalized spacial score (nSPS) is 11.2. The predicted molar refractivity (Wildman–Crippen MR) is 48.3 cm³/mol. The Balaban J connectivity index is 3.27. The Kier molecular flexibility index (Phi) is 5.69. The van der Waals surface area contributed by atoms with Crippen LogP contribution in [0.3, 0.4) is 0 Å². The van der Waals surface area contributed by atoms with Crippen molar-refractivity contribution in [2.24, 2.45) is 5.41 Å². The van der Waals surface area contributed by atoms with E-state index in [4.69, 9.17) is 10.1 Å². The van der Waals surface area contributed by atoms with Crippen molar-refractivity contribution in [2.75, 3.05) is 13.2 Å². The van der Waals surface area contributed by atoms with Gasteiger partial charge < -0.3 is 4.84 Å². The molecule has 0 unspecified atom stereocenters. The van der Waals surface area contributed by atoms with Crippen molar-refractivity contribution >= 4 is 0 Å². The van der Waals surface area contributed by atoms with E-state index in [0.717, 1.165) is 19.4 Å². The van der Waals surface area contributed by atoms with Crippen LogP contribution in [0.4, 0.5) is 0 Å². The lowest BCUT2D eigenvalue weighted by Gasteiger charge is -2.14. The van der Waals surface area contributed by atoms with Crippen molar-refractivity contribution < 1.29 is 4.84 Å². The van der Waals surface area contributed by atoms with Gasteiger partial charge in [-0.1, -0.05) is 0 Å². The molecule has 0 bridgehead atoms. The first-order valence-electron chi connectivity index (χ1n) is 4.38. The fraction of sp³-hybridized carbons (Fsp3) is 0.889. The predicted octanol–water partition coefficient (Wildman–Crippen LogP) is 1.86. The zero-order valence-electron chi connectivity index (χ0n) is 8.18. The lowest BCUT2D eigenvalue weighted by atomic mass is 9.90. The van der Waals surface area contributed by atoms with E-state index in [2.05, 4.69) is 11.5 Å². The number of nitriles is 1. The Morgan fingerprint density at radius 3 is 2.67 bits per heavy atom. The van der Waals surface area contributed by atoms with E-state index in [0.29, 0.717) is 6.61 Å². The molecular weight excluding hydrogens is 152 g/mol. The van der Waals surface area contributed by atoms with Gasteiger partial charge in [-0.25, -0.2) is 5.48 Å². The zero-order valence-corrected chi connectivity index (χ0v) is 8.18. The molecule has 0 aromatic rings. The van der Waals surface area contributed by atoms with Gasteiger partial charge in [0.1, 0.15) is 0 Å². The molecule has 1 N–H and O–H groups in total. The van der Waals surface area contributed by atoms with Crippen LogP contribution in [-0.4, -0.2) is 13.2 Å². The van der Waals surface area contributed by atoms with E-state index in [9.17, 15) is 0 Å². The summed E-state index contributed by atoms with van der Waals surface area (Å²) in [4.78, 5) is 4.95. The maximum atomic E-state index is 8.70. The quantitative estimate of drug-likeness (QED) is 0.489. The molecule has 3 nitrogen and oxygen atoms in total. The molecule has 0 aromatic carbocycles. The summed E-state index contributed by atoms with van der Waals surface area (Å²) >= 11 is 0. The van der Waals surface area contributed by atoms with Crippen LogP contribution in [0, 0.1) is 16.7 Å². The molecule has 0 heterocycles. The van der Waals surface area contributed by atoms with Gasteiger partial charge in [-0.05, 0) is 33.6 Å². The van der Waals surface area contributed by atoms with E-state index in [1.54, 1.807) is 0 Å². The molecule has 0 aromatic heterocycles. The SMILES string of the molecule is CCONCCCC(C)(C)C#N. The fourth-order valence-corrected chi connectivity index (χ4v) is 0.833. The maximum absolute atomic E-state index is 8.70. The van der Waals surface area contributed by atoms with E-state index in [1.165, 1.54) is 0 Å². The third kappa shape index (κ3) is 6.14. The standard InChI is InChI=1S/C9H18N2O/c1-4-12-11-7-5-6-9(2,3)8-10/h11H,4-7H2,1-3H3. The second-order valence-corrected chi connectivity index (χ2v) is 3.43. The third-order valence-electron chi connectivity index (χ3n) is 1.63. The summed E-state index contributed by atoms with van der Waals surface area (Å²) in [5, 5.41) is 8.70. The number of nitrogens with zero attached hydrogens (tertiary/aromatic N) is 1. The topological polar surface area (TPSA) is 45.0 Å². The van der Waals surface area contributed by atoms with Gasteiger partial charge >= 0.3 is 0 Å². The summed E-state index contributed by atoms with van der Waals surface area (Å²) in [6.07, 6.45) is 1.88. The molecule has 0 radical (unpaired) electrons. The van der Waals surface area contributed by atoms with Crippen molar-refractivity contribution in [1.29, 1.82) is 5.26 Å². The average Bonchev–Trinajstić information content (AvgIpc) is 2.04. The van der Waals surface area contributed by atoms with Crippen LogP contribution >= 0.6 is 0 Å². The van der Waals surface area contributed by atoms with E-state index >= 15 is 0 Å². The Morgan fingerprint density at radius 2 is 2.17 bits per heavy atom. The Hall–Kier alpha value is -0.590. The van der Waals surface area contributed by atoms with Gasteiger partial charge in [-0.2, -0.15) is 5.26 Å². The van der Waals surface area contributed by atoms with Crippen LogP contribution in [0.1, 0.15) is 33.6 Å². The lowest BCUT2D eigenvalue weighted by Crippen LogP contribution is -2.18. The summed E-state index contributed by atoms with van der Waals surface area (Å²) in [6.45, 7) is 7.34. The number of nitrogens with one attached hydrogen (secondary N) is 1. The van der Waals surface area contributed by atoms with Gasteiger partial charge in [0.05, 0.1) is 18.1 Å². The Bertz CT molecular complexity index is 149. The van der Waals surface area contributed by atoms with Crippen LogP contribution < -0.4 is 5.48 Å². The number of hydroxylamine groups is 1. The molecule has 0 saturated heterocycles. The zero-order chi connectivity index (χ0) is 9.45. The van der Waals surface area contributed by atoms with E-state index in [-0.39, 0.29) is 5.41 Å². The second kappa shape index (κ2) is 5.99. The molecule has 0 fully saturated rings. The highest BCUT2D eigenvalue weighted by Crippen LogP contribution is 2.19. The summed E-state index contributed by atoms with van der Waals surface area (Å²) in [5.41, 5.74) is 2.62. The molecule has 0 rings (SSSR count). The molecule has 0 aliphatic rings. The molecule has 0 aliphatic heterocycles. The fourth-order valence-electron chi connectivity index (χ4n) is 0.833. The van der Waals surface area contributed by atoms with Crippen LogP contribution in [-0.2, 0) is 4.84 Å². The first-order valence-corrected chi connectivity index (χ1v) is 4.38. The van der Waals surface area contributed by atoms with Crippen molar-refractivity contribution in [3.05, 3.63) is 0 Å². The average molecular weight is 170 g/mol. The smallest absolute Gasteiger partial charge is 0.0683 e. The van der Waals surface area contributed by atoms with Crippen molar-refractivity contribution in [1.82, 2.24) is 5.48 Å². The second-order valence-electron chi connectivity index (χ2n) is 3.43. The van der Waals surface area contributed by atoms with Gasteiger partial charge in [0.2, 0.25) is 0 Å². The van der Waals surface area contributed by atoms with Crippen molar-refractivity contribution in [2.45, 2.75) is 33.6 Å². The van der Waals surface area contributed by atoms with E-state index < -0.39 is 0 Å². The van der Waals surface area contributed by atoms with Gasteiger partial charge in [0.25, 0.3) is 0 Å². The summed E-state index contributed by atoms with van der Waals surface area (Å²) < 4.78 is 0. The molecular formula is C9H18N2O. The number of hydrogen-bond acceptors (Lipinski definition) is 3. The minimum absolute atomic E-state index is 0.201. The maximum Gasteiger partial charge on any atom is 0.0683 e. The molecule has 0 spiro atoms. The van der Waals surface area contributed by atoms with Gasteiger partial charge in [0, 0.05) is 6.54 Å². The molecule has 0 atom stereocenters. The van der Waals surface area contributed by atoms with Crippen LogP contribution in [0.25, 0.3) is 0 Å². The molecule has 0 amide bonds. The molecule has 0 saturated carbocycles. The summed E-state index contributed by atoms with van der Waals surface area (Å²) in [5.74, 6) is 0. The monoisotopic (exact) mass is 170 g/mol. The first kappa shape index (κ1) is 11.4. The molecule has 3 heteroatoms. The highest BCUT2D eigenvalue weighted by molar-refractivity contribution is 4.91. The third-order valence-corrected chi connectivity index (χ3v) is 1.63. The first-order chi connectivity index (χ1) is 5.62. The molecule has 0 aliphatic carbocycles. The number of hydrogen-bond donors (Lipinski definition) is 1. The van der Waals surface area contributed by atoms with Crippen molar-refractivity contribution in [3.63, 3.8) is 0 Å².